The Kier molecular flexibility index (Phi) is 6.95. The van der Waals surface area contributed by atoms with Crippen LogP contribution in [-0.2, 0) is 9.53 Å². The van der Waals surface area contributed by atoms with Crippen molar-refractivity contribution in [3.8, 4) is 0 Å². The zero-order valence-electron chi connectivity index (χ0n) is 16.9. The molecule has 1 saturated heterocycles. The van der Waals surface area contributed by atoms with Crippen LogP contribution in [-0.4, -0.2) is 70.3 Å². The van der Waals surface area contributed by atoms with Crippen molar-refractivity contribution < 1.29 is 24.2 Å². The number of rotatable bonds is 3. The number of carbonyl (C=O) groups excluding carboxylic acids is 2. The Morgan fingerprint density at radius 1 is 1.11 bits per heavy atom. The molecule has 154 valence electrons. The summed E-state index contributed by atoms with van der Waals surface area (Å²) in [6.45, 7) is 8.13. The average Bonchev–Trinajstić information content (AvgIpc) is 2.58. The van der Waals surface area contributed by atoms with Crippen LogP contribution in [0.1, 0.15) is 59.8 Å². The topological polar surface area (TPSA) is 99.2 Å². The molecule has 0 aromatic carbocycles. The fourth-order valence-electron chi connectivity index (χ4n) is 3.92. The zero-order valence-corrected chi connectivity index (χ0v) is 16.9. The number of hydrogen-bond donors (Lipinski definition) is 2. The molecule has 1 aliphatic carbocycles. The highest BCUT2D eigenvalue weighted by Crippen LogP contribution is 2.28. The second-order valence-electron chi connectivity index (χ2n) is 8.63. The van der Waals surface area contributed by atoms with Crippen LogP contribution in [0.4, 0.5) is 9.59 Å². The minimum Gasteiger partial charge on any atom is -0.465 e. The van der Waals surface area contributed by atoms with Crippen LogP contribution in [0.5, 0.6) is 0 Å². The first-order chi connectivity index (χ1) is 12.6. The Balaban J connectivity index is 2.08. The van der Waals surface area contributed by atoms with Crippen LogP contribution in [0.15, 0.2) is 0 Å². The first kappa shape index (κ1) is 21.3. The van der Waals surface area contributed by atoms with E-state index >= 15 is 0 Å². The van der Waals surface area contributed by atoms with Gasteiger partial charge in [0.15, 0.2) is 0 Å². The van der Waals surface area contributed by atoms with Gasteiger partial charge in [0.2, 0.25) is 5.91 Å². The van der Waals surface area contributed by atoms with Gasteiger partial charge in [-0.05, 0) is 46.5 Å². The molecule has 1 saturated carbocycles. The maximum Gasteiger partial charge on any atom is 0.408 e. The molecule has 0 spiro atoms. The number of nitrogens with zero attached hydrogens (tertiary/aromatic N) is 2. The van der Waals surface area contributed by atoms with Crippen molar-refractivity contribution in [3.05, 3.63) is 0 Å². The zero-order chi connectivity index (χ0) is 20.2. The molecule has 0 aromatic heterocycles. The Bertz CT molecular complexity index is 554. The van der Waals surface area contributed by atoms with Gasteiger partial charge in [-0.15, -0.1) is 0 Å². The highest BCUT2D eigenvalue weighted by Gasteiger charge is 2.38. The van der Waals surface area contributed by atoms with Crippen molar-refractivity contribution in [2.45, 2.75) is 77.5 Å². The lowest BCUT2D eigenvalue weighted by Crippen LogP contribution is -2.60. The standard InChI is InChI=1S/C19H33N3O5/c1-13-12-21(10-11-22(13)18(25)26)16(23)15(14-8-6-5-7-9-14)20-17(24)27-19(2,3)4/h13-15H,5-12H2,1-4H3,(H,20,24)(H,25,26). The molecule has 0 bridgehead atoms. The van der Waals surface area contributed by atoms with Gasteiger partial charge in [0.25, 0.3) is 0 Å². The number of ether oxygens (including phenoxy) is 1. The molecule has 3 amide bonds. The fourth-order valence-corrected chi connectivity index (χ4v) is 3.92. The van der Waals surface area contributed by atoms with Crippen LogP contribution >= 0.6 is 0 Å². The van der Waals surface area contributed by atoms with Gasteiger partial charge in [-0.2, -0.15) is 0 Å². The van der Waals surface area contributed by atoms with Crippen LogP contribution in [0.2, 0.25) is 0 Å². The Morgan fingerprint density at radius 3 is 2.26 bits per heavy atom. The van der Waals surface area contributed by atoms with Crippen molar-refractivity contribution in [1.29, 1.82) is 0 Å². The minimum absolute atomic E-state index is 0.0894. The van der Waals surface area contributed by atoms with E-state index < -0.39 is 23.8 Å². The molecule has 8 nitrogen and oxygen atoms in total. The number of piperazine rings is 1. The number of alkyl carbamates (subject to hydrolysis) is 1. The van der Waals surface area contributed by atoms with Crippen LogP contribution in [0.3, 0.4) is 0 Å². The molecule has 2 aliphatic rings. The van der Waals surface area contributed by atoms with Gasteiger partial charge in [0.05, 0.1) is 0 Å². The maximum absolute atomic E-state index is 13.2. The van der Waals surface area contributed by atoms with Gasteiger partial charge in [-0.1, -0.05) is 19.3 Å². The summed E-state index contributed by atoms with van der Waals surface area (Å²) in [6, 6.07) is -0.891. The quantitative estimate of drug-likeness (QED) is 0.781. The van der Waals surface area contributed by atoms with Gasteiger partial charge in [-0.25, -0.2) is 9.59 Å². The largest absolute Gasteiger partial charge is 0.465 e. The molecular formula is C19H33N3O5. The molecule has 1 heterocycles. The highest BCUT2D eigenvalue weighted by molar-refractivity contribution is 5.86. The predicted octanol–water partition coefficient (Wildman–Crippen LogP) is 2.67. The average molecular weight is 383 g/mol. The summed E-state index contributed by atoms with van der Waals surface area (Å²) < 4.78 is 5.36. The number of amides is 3. The summed E-state index contributed by atoms with van der Waals surface area (Å²) in [5.41, 5.74) is -0.633. The van der Waals surface area contributed by atoms with E-state index in [1.54, 1.807) is 32.6 Å². The van der Waals surface area contributed by atoms with E-state index in [0.29, 0.717) is 13.1 Å². The Labute approximate surface area is 161 Å². The first-order valence-corrected chi connectivity index (χ1v) is 9.86. The van der Waals surface area contributed by atoms with E-state index in [9.17, 15) is 19.5 Å². The Hall–Kier alpha value is -1.99. The van der Waals surface area contributed by atoms with E-state index in [-0.39, 0.29) is 24.4 Å². The van der Waals surface area contributed by atoms with Crippen molar-refractivity contribution in [2.75, 3.05) is 19.6 Å². The first-order valence-electron chi connectivity index (χ1n) is 9.86. The summed E-state index contributed by atoms with van der Waals surface area (Å²) in [5, 5.41) is 12.0. The summed E-state index contributed by atoms with van der Waals surface area (Å²) in [6.07, 6.45) is 3.50. The van der Waals surface area contributed by atoms with E-state index in [2.05, 4.69) is 5.32 Å². The molecule has 0 aromatic rings. The van der Waals surface area contributed by atoms with Crippen LogP contribution < -0.4 is 5.32 Å². The molecule has 2 N–H and O–H groups in total. The lowest BCUT2D eigenvalue weighted by atomic mass is 9.83. The molecule has 2 atom stereocenters. The second kappa shape index (κ2) is 8.80. The maximum atomic E-state index is 13.2. The van der Waals surface area contributed by atoms with Gasteiger partial charge in [-0.3, -0.25) is 4.79 Å². The lowest BCUT2D eigenvalue weighted by molar-refractivity contribution is -0.137. The third-order valence-corrected chi connectivity index (χ3v) is 5.24. The third kappa shape index (κ3) is 6.01. The monoisotopic (exact) mass is 383 g/mol. The highest BCUT2D eigenvalue weighted by atomic mass is 16.6. The molecule has 1 aliphatic heterocycles. The SMILES string of the molecule is CC1CN(C(=O)C(NC(=O)OC(C)(C)C)C2CCCCC2)CCN1C(=O)O. The molecular weight excluding hydrogens is 350 g/mol. The molecule has 2 fully saturated rings. The second-order valence-corrected chi connectivity index (χ2v) is 8.63. The molecule has 27 heavy (non-hydrogen) atoms. The Morgan fingerprint density at radius 2 is 1.74 bits per heavy atom. The summed E-state index contributed by atoms with van der Waals surface area (Å²) in [5.74, 6) is -0.0452. The number of hydrogen-bond acceptors (Lipinski definition) is 4. The number of carboxylic acid groups (broad SMARTS) is 1. The van der Waals surface area contributed by atoms with Gasteiger partial charge in [0, 0.05) is 25.7 Å². The van der Waals surface area contributed by atoms with Crippen LogP contribution in [0, 0.1) is 5.92 Å². The predicted molar refractivity (Wildman–Crippen MR) is 101 cm³/mol. The van der Waals surface area contributed by atoms with Crippen molar-refractivity contribution in [3.63, 3.8) is 0 Å². The molecule has 8 heteroatoms. The summed E-state index contributed by atoms with van der Waals surface area (Å²) in [4.78, 5) is 39.8. The smallest absolute Gasteiger partial charge is 0.408 e. The van der Waals surface area contributed by atoms with E-state index in [1.807, 2.05) is 0 Å². The van der Waals surface area contributed by atoms with Gasteiger partial charge in [0.1, 0.15) is 11.6 Å². The van der Waals surface area contributed by atoms with E-state index in [1.165, 1.54) is 4.90 Å². The van der Waals surface area contributed by atoms with E-state index in [4.69, 9.17) is 4.74 Å². The van der Waals surface area contributed by atoms with Crippen LogP contribution in [0.25, 0.3) is 0 Å². The minimum atomic E-state index is -0.967. The molecule has 2 rings (SSSR count). The summed E-state index contributed by atoms with van der Waals surface area (Å²) >= 11 is 0. The van der Waals surface area contributed by atoms with Gasteiger partial charge >= 0.3 is 12.2 Å². The lowest BCUT2D eigenvalue weighted by Gasteiger charge is -2.41. The third-order valence-electron chi connectivity index (χ3n) is 5.24. The summed E-state index contributed by atoms with van der Waals surface area (Å²) in [7, 11) is 0. The fraction of sp³-hybridized carbons (Fsp3) is 0.842. The van der Waals surface area contributed by atoms with Crippen molar-refractivity contribution >= 4 is 18.1 Å². The normalized spacial score (nSPS) is 22.9. The molecule has 0 radical (unpaired) electrons. The molecule has 2 unspecified atom stereocenters. The van der Waals surface area contributed by atoms with Crippen molar-refractivity contribution in [2.24, 2.45) is 5.92 Å². The van der Waals surface area contributed by atoms with E-state index in [0.717, 1.165) is 32.1 Å². The number of carbonyl (C=O) groups is 3. The van der Waals surface area contributed by atoms with Crippen molar-refractivity contribution in [1.82, 2.24) is 15.1 Å². The van der Waals surface area contributed by atoms with Gasteiger partial charge < -0.3 is 25.0 Å². The number of nitrogens with one attached hydrogen (secondary N) is 1.